The van der Waals surface area contributed by atoms with Gasteiger partial charge in [-0.05, 0) is 69.7 Å². The molecule has 43 heavy (non-hydrogen) atoms. The summed E-state index contributed by atoms with van der Waals surface area (Å²) in [6.45, 7) is 2.07. The molecule has 0 spiro atoms. The van der Waals surface area contributed by atoms with E-state index in [0.717, 1.165) is 80.8 Å². The quantitative estimate of drug-likeness (QED) is 0.292. The first kappa shape index (κ1) is 32.2. The Morgan fingerprint density at radius 1 is 1.05 bits per heavy atom. The van der Waals surface area contributed by atoms with Gasteiger partial charge < -0.3 is 26.4 Å². The van der Waals surface area contributed by atoms with Crippen molar-refractivity contribution >= 4 is 34.3 Å². The van der Waals surface area contributed by atoms with Crippen molar-refractivity contribution in [2.45, 2.75) is 75.7 Å². The van der Waals surface area contributed by atoms with Crippen LogP contribution in [0.25, 0.3) is 11.3 Å². The number of nitriles is 1. The number of amides is 2. The third kappa shape index (κ3) is 9.39. The summed E-state index contributed by atoms with van der Waals surface area (Å²) in [5.74, 6) is -3.05. The van der Waals surface area contributed by atoms with Gasteiger partial charge in [0.25, 0.3) is 5.91 Å². The first-order chi connectivity index (χ1) is 20.5. The number of carboxylic acids is 1. The van der Waals surface area contributed by atoms with Gasteiger partial charge in [-0.2, -0.15) is 18.4 Å². The summed E-state index contributed by atoms with van der Waals surface area (Å²) in [6.07, 6.45) is 2.55. The maximum atomic E-state index is 13.0. The van der Waals surface area contributed by atoms with Gasteiger partial charge >= 0.3 is 12.1 Å². The Morgan fingerprint density at radius 2 is 1.70 bits per heavy atom. The number of alkyl halides is 3. The van der Waals surface area contributed by atoms with Crippen molar-refractivity contribution in [2.75, 3.05) is 18.4 Å². The van der Waals surface area contributed by atoms with E-state index in [-0.39, 0.29) is 29.7 Å². The molecule has 2 saturated carbocycles. The number of carbonyl (C=O) groups is 3. The van der Waals surface area contributed by atoms with Crippen LogP contribution in [0.2, 0.25) is 0 Å². The Morgan fingerprint density at radius 3 is 2.30 bits per heavy atom. The highest BCUT2D eigenvalue weighted by Gasteiger charge is 2.38. The van der Waals surface area contributed by atoms with Crippen LogP contribution in [-0.2, 0) is 9.59 Å². The SMILES string of the molecule is N#CC(NC(=O)[C@@H]1CCCC[C@@H]1NC(=O)c1ccc(-c2csc(NC3CCNCC3)n2)cc1)C1CC1.O=C(O)C(F)(F)F. The molecule has 3 fully saturated rings. The minimum atomic E-state index is -5.08. The number of benzene rings is 1. The number of hydrogen-bond acceptors (Lipinski definition) is 8. The zero-order chi connectivity index (χ0) is 31.0. The van der Waals surface area contributed by atoms with Gasteiger partial charge in [-0.25, -0.2) is 9.78 Å². The number of aliphatic carboxylic acids is 1. The number of nitrogens with zero attached hydrogens (tertiary/aromatic N) is 2. The number of hydrogen-bond donors (Lipinski definition) is 5. The molecular weight excluding hydrogens is 585 g/mol. The van der Waals surface area contributed by atoms with Gasteiger partial charge in [0.15, 0.2) is 5.13 Å². The van der Waals surface area contributed by atoms with Gasteiger partial charge in [0.2, 0.25) is 5.91 Å². The van der Waals surface area contributed by atoms with Crippen molar-refractivity contribution in [3.8, 4) is 17.3 Å². The second-order valence-electron chi connectivity index (χ2n) is 11.0. The lowest BCUT2D eigenvalue weighted by Gasteiger charge is -2.31. The molecule has 1 aromatic carbocycles. The minimum absolute atomic E-state index is 0.105. The Balaban J connectivity index is 0.000000541. The fourth-order valence-corrected chi connectivity index (χ4v) is 6.02. The molecule has 1 unspecified atom stereocenters. The fourth-order valence-electron chi connectivity index (χ4n) is 5.22. The molecule has 2 aliphatic carbocycles. The van der Waals surface area contributed by atoms with Crippen molar-refractivity contribution in [3.63, 3.8) is 0 Å². The highest BCUT2D eigenvalue weighted by Crippen LogP contribution is 2.33. The maximum Gasteiger partial charge on any atom is 0.490 e. The molecule has 232 valence electrons. The number of nitrogens with one attached hydrogen (secondary N) is 4. The summed E-state index contributed by atoms with van der Waals surface area (Å²) in [5, 5.41) is 32.4. The molecule has 3 atom stereocenters. The van der Waals surface area contributed by atoms with E-state index in [1.807, 2.05) is 29.6 Å². The Bertz CT molecular complexity index is 1300. The predicted octanol–water partition coefficient (Wildman–Crippen LogP) is 4.31. The molecule has 2 amide bonds. The maximum absolute atomic E-state index is 13.0. The van der Waals surface area contributed by atoms with Crippen LogP contribution >= 0.6 is 11.3 Å². The minimum Gasteiger partial charge on any atom is -0.475 e. The van der Waals surface area contributed by atoms with Crippen LogP contribution in [0.3, 0.4) is 0 Å². The molecule has 2 aromatic rings. The van der Waals surface area contributed by atoms with Crippen molar-refractivity contribution in [2.24, 2.45) is 11.8 Å². The zero-order valence-electron chi connectivity index (χ0n) is 23.5. The molecule has 1 aliphatic heterocycles. The number of thiazole rings is 1. The van der Waals surface area contributed by atoms with Gasteiger partial charge in [-0.15, -0.1) is 11.3 Å². The number of carboxylic acid groups (broad SMARTS) is 1. The topological polar surface area (TPSA) is 156 Å². The van der Waals surface area contributed by atoms with E-state index >= 15 is 0 Å². The van der Waals surface area contributed by atoms with Crippen molar-refractivity contribution in [1.29, 1.82) is 5.26 Å². The number of aromatic nitrogens is 1. The molecule has 5 rings (SSSR count). The Hall–Kier alpha value is -3.70. The number of carbonyl (C=O) groups excluding carboxylic acids is 2. The molecule has 14 heteroatoms. The van der Waals surface area contributed by atoms with Crippen LogP contribution in [0.4, 0.5) is 18.3 Å². The molecule has 1 saturated heterocycles. The van der Waals surface area contributed by atoms with Crippen LogP contribution in [0.15, 0.2) is 29.6 Å². The average molecular weight is 621 g/mol. The summed E-state index contributed by atoms with van der Waals surface area (Å²) in [5.41, 5.74) is 2.44. The molecule has 3 aliphatic rings. The standard InChI is InChI=1S/C27H34N6O2S.C2HF3O2/c28-15-23(17-5-6-17)32-26(35)21-3-1-2-4-22(21)31-25(34)19-9-7-18(8-10-19)24-16-36-27(33-24)30-20-11-13-29-14-12-20;3-2(4,5)1(6)7/h7-10,16-17,20-23,29H,1-6,11-14H2,(H,30,33)(H,31,34)(H,32,35);(H,6,7)/t21-,22+,23?;/m1./s1. The first-order valence-corrected chi connectivity index (χ1v) is 15.3. The Kier molecular flexibility index (Phi) is 11.0. The summed E-state index contributed by atoms with van der Waals surface area (Å²) in [6, 6.07) is 9.55. The molecule has 1 aromatic heterocycles. The van der Waals surface area contributed by atoms with Gasteiger partial charge in [0.1, 0.15) is 6.04 Å². The highest BCUT2D eigenvalue weighted by atomic mass is 32.1. The van der Waals surface area contributed by atoms with Crippen LogP contribution in [0.1, 0.15) is 61.7 Å². The second-order valence-corrected chi connectivity index (χ2v) is 11.9. The van der Waals surface area contributed by atoms with E-state index in [0.29, 0.717) is 11.6 Å². The molecule has 2 heterocycles. The number of halogens is 3. The monoisotopic (exact) mass is 620 g/mol. The molecule has 0 radical (unpaired) electrons. The largest absolute Gasteiger partial charge is 0.490 e. The van der Waals surface area contributed by atoms with Crippen molar-refractivity contribution in [1.82, 2.24) is 20.9 Å². The van der Waals surface area contributed by atoms with Crippen LogP contribution in [0, 0.1) is 23.2 Å². The van der Waals surface area contributed by atoms with Crippen LogP contribution in [-0.4, -0.2) is 65.3 Å². The van der Waals surface area contributed by atoms with Crippen LogP contribution in [0.5, 0.6) is 0 Å². The van der Waals surface area contributed by atoms with Gasteiger partial charge in [0.05, 0.1) is 17.7 Å². The highest BCUT2D eigenvalue weighted by molar-refractivity contribution is 7.14. The van der Waals surface area contributed by atoms with Gasteiger partial charge in [0, 0.05) is 28.6 Å². The average Bonchev–Trinajstić information content (AvgIpc) is 3.74. The van der Waals surface area contributed by atoms with Gasteiger partial charge in [-0.3, -0.25) is 9.59 Å². The Labute approximate surface area is 251 Å². The second kappa shape index (κ2) is 14.7. The lowest BCUT2D eigenvalue weighted by molar-refractivity contribution is -0.192. The summed E-state index contributed by atoms with van der Waals surface area (Å²) >= 11 is 1.61. The number of rotatable bonds is 8. The lowest BCUT2D eigenvalue weighted by atomic mass is 9.83. The number of piperidine rings is 1. The van der Waals surface area contributed by atoms with Crippen molar-refractivity contribution < 1.29 is 32.7 Å². The smallest absolute Gasteiger partial charge is 0.475 e. The normalized spacial score (nSPS) is 21.3. The van der Waals surface area contributed by atoms with Crippen LogP contribution < -0.4 is 21.3 Å². The van der Waals surface area contributed by atoms with Crippen molar-refractivity contribution in [3.05, 3.63) is 35.2 Å². The summed E-state index contributed by atoms with van der Waals surface area (Å²) in [4.78, 5) is 39.6. The summed E-state index contributed by atoms with van der Waals surface area (Å²) < 4.78 is 31.7. The predicted molar refractivity (Wildman–Crippen MR) is 154 cm³/mol. The first-order valence-electron chi connectivity index (χ1n) is 14.4. The van der Waals surface area contributed by atoms with E-state index in [4.69, 9.17) is 14.9 Å². The molecule has 0 bridgehead atoms. The van der Waals surface area contributed by atoms with E-state index in [9.17, 15) is 28.0 Å². The third-order valence-electron chi connectivity index (χ3n) is 7.81. The fraction of sp³-hybridized carbons (Fsp3) is 0.552. The zero-order valence-corrected chi connectivity index (χ0v) is 24.3. The molecule has 5 N–H and O–H groups in total. The van der Waals surface area contributed by atoms with E-state index in [1.54, 1.807) is 11.3 Å². The van der Waals surface area contributed by atoms with E-state index in [1.165, 1.54) is 0 Å². The number of anilines is 1. The van der Waals surface area contributed by atoms with E-state index < -0.39 is 18.2 Å². The third-order valence-corrected chi connectivity index (χ3v) is 8.58. The van der Waals surface area contributed by atoms with E-state index in [2.05, 4.69) is 27.3 Å². The molecule has 10 nitrogen and oxygen atoms in total. The lowest BCUT2D eigenvalue weighted by Crippen LogP contribution is -2.50. The summed E-state index contributed by atoms with van der Waals surface area (Å²) in [7, 11) is 0. The van der Waals surface area contributed by atoms with Gasteiger partial charge in [-0.1, -0.05) is 25.0 Å². The molecular formula is C29H35F3N6O4S.